The van der Waals surface area contributed by atoms with E-state index in [1.165, 1.54) is 0 Å². The van der Waals surface area contributed by atoms with Crippen molar-refractivity contribution in [3.8, 4) is 0 Å². The highest BCUT2D eigenvalue weighted by atomic mass is 35.5. The Morgan fingerprint density at radius 1 is 1.50 bits per heavy atom. The second kappa shape index (κ2) is 3.83. The van der Waals surface area contributed by atoms with E-state index >= 15 is 0 Å². The molecule has 1 aromatic carbocycles. The zero-order valence-electron chi connectivity index (χ0n) is 7.24. The Morgan fingerprint density at radius 2 is 2.36 bits per heavy atom. The van der Waals surface area contributed by atoms with Crippen molar-refractivity contribution >= 4 is 23.6 Å². The van der Waals surface area contributed by atoms with Crippen LogP contribution in [0.15, 0.2) is 23.3 Å². The van der Waals surface area contributed by atoms with E-state index in [2.05, 4.69) is 16.2 Å². The van der Waals surface area contributed by atoms with Crippen LogP contribution < -0.4 is 16.1 Å². The van der Waals surface area contributed by atoms with E-state index in [0.717, 1.165) is 11.3 Å². The van der Waals surface area contributed by atoms with Crippen molar-refractivity contribution < 1.29 is 5.11 Å². The van der Waals surface area contributed by atoms with Crippen molar-refractivity contribution in [3.05, 3.63) is 28.8 Å². The van der Waals surface area contributed by atoms with Gasteiger partial charge < -0.3 is 5.11 Å². The van der Waals surface area contributed by atoms with Crippen LogP contribution in [-0.2, 0) is 6.61 Å². The van der Waals surface area contributed by atoms with E-state index in [-0.39, 0.29) is 6.61 Å². The number of halogens is 1. The minimum atomic E-state index is -0.0675. The van der Waals surface area contributed by atoms with E-state index in [9.17, 15) is 0 Å². The number of hydrazone groups is 1. The molecule has 0 spiro atoms. The number of rotatable bonds is 2. The summed E-state index contributed by atoms with van der Waals surface area (Å²) in [6.45, 7) is -0.0675. The van der Waals surface area contributed by atoms with Crippen LogP contribution in [0.25, 0.3) is 0 Å². The quantitative estimate of drug-likeness (QED) is 0.672. The molecule has 2 rings (SSSR count). The van der Waals surface area contributed by atoms with E-state index in [4.69, 9.17) is 16.7 Å². The molecule has 3 N–H and O–H groups in total. The van der Waals surface area contributed by atoms with Crippen molar-refractivity contribution in [3.63, 3.8) is 0 Å². The Kier molecular flexibility index (Phi) is 2.53. The van der Waals surface area contributed by atoms with Gasteiger partial charge in [-0.15, -0.1) is 5.53 Å². The summed E-state index contributed by atoms with van der Waals surface area (Å²) in [6.07, 6.45) is 1.57. The van der Waals surface area contributed by atoms with E-state index in [1.807, 2.05) is 0 Å². The van der Waals surface area contributed by atoms with Crippen molar-refractivity contribution in [2.75, 3.05) is 5.01 Å². The Hall–Kier alpha value is -1.30. The lowest BCUT2D eigenvalue weighted by atomic mass is 10.2. The molecule has 0 saturated carbocycles. The van der Waals surface area contributed by atoms with Crippen LogP contribution in [0, 0.1) is 0 Å². The molecule has 0 aliphatic carbocycles. The molecule has 0 amide bonds. The molecular weight excluding hydrogens is 204 g/mol. The molecule has 0 aromatic heterocycles. The van der Waals surface area contributed by atoms with Crippen LogP contribution in [0.2, 0.25) is 5.02 Å². The molecule has 0 atom stereocenters. The van der Waals surface area contributed by atoms with E-state index < -0.39 is 0 Å². The fourth-order valence-electron chi connectivity index (χ4n) is 1.24. The summed E-state index contributed by atoms with van der Waals surface area (Å²) >= 11 is 5.80. The standard InChI is InChI=1S/C8H9ClN4O/c9-7-1-2-8(6(3-7)4-14)13-5-10-11-12-13/h1-3,5,11-12,14H,4H2. The molecule has 1 aromatic rings. The number of nitrogens with zero attached hydrogens (tertiary/aromatic N) is 2. The van der Waals surface area contributed by atoms with Crippen molar-refractivity contribution in [1.82, 2.24) is 11.1 Å². The molecule has 0 bridgehead atoms. The zero-order chi connectivity index (χ0) is 9.97. The van der Waals surface area contributed by atoms with Gasteiger partial charge in [0, 0.05) is 10.6 Å². The van der Waals surface area contributed by atoms with Crippen molar-refractivity contribution in [1.29, 1.82) is 0 Å². The number of hydrogen-bond donors (Lipinski definition) is 3. The van der Waals surface area contributed by atoms with Gasteiger partial charge in [0.1, 0.15) is 6.34 Å². The van der Waals surface area contributed by atoms with Gasteiger partial charge in [-0.25, -0.2) is 10.5 Å². The predicted octanol–water partition coefficient (Wildman–Crippen LogP) is 0.605. The van der Waals surface area contributed by atoms with Gasteiger partial charge in [-0.1, -0.05) is 11.6 Å². The zero-order valence-corrected chi connectivity index (χ0v) is 7.99. The first kappa shape index (κ1) is 9.26. The number of hydrazine groups is 2. The first-order valence-corrected chi connectivity index (χ1v) is 4.41. The molecule has 0 fully saturated rings. The minimum Gasteiger partial charge on any atom is -0.392 e. The fraction of sp³-hybridized carbons (Fsp3) is 0.125. The maximum Gasteiger partial charge on any atom is 0.133 e. The normalized spacial score (nSPS) is 14.6. The molecule has 0 unspecified atom stereocenters. The number of hydrogen-bond acceptors (Lipinski definition) is 5. The first-order valence-electron chi connectivity index (χ1n) is 4.03. The van der Waals surface area contributed by atoms with Gasteiger partial charge in [-0.2, -0.15) is 5.10 Å². The predicted molar refractivity (Wildman–Crippen MR) is 54.6 cm³/mol. The van der Waals surface area contributed by atoms with Gasteiger partial charge in [0.05, 0.1) is 12.3 Å². The SMILES string of the molecule is OCc1cc(Cl)ccc1N1C=NNN1. The summed E-state index contributed by atoms with van der Waals surface area (Å²) in [7, 11) is 0. The molecular formula is C8H9ClN4O. The summed E-state index contributed by atoms with van der Waals surface area (Å²) in [6, 6.07) is 5.27. The number of benzene rings is 1. The van der Waals surface area contributed by atoms with Gasteiger partial charge >= 0.3 is 0 Å². The van der Waals surface area contributed by atoms with Crippen LogP contribution in [-0.4, -0.2) is 11.4 Å². The summed E-state index contributed by atoms with van der Waals surface area (Å²) < 4.78 is 0. The van der Waals surface area contributed by atoms with Gasteiger partial charge in [-0.3, -0.25) is 0 Å². The molecule has 1 aliphatic rings. The van der Waals surface area contributed by atoms with E-state index in [1.54, 1.807) is 29.5 Å². The van der Waals surface area contributed by atoms with Gasteiger partial charge in [0.2, 0.25) is 0 Å². The van der Waals surface area contributed by atoms with Crippen LogP contribution in [0.1, 0.15) is 5.56 Å². The lowest BCUT2D eigenvalue weighted by Gasteiger charge is -2.16. The Labute approximate surface area is 85.9 Å². The first-order chi connectivity index (χ1) is 6.81. The van der Waals surface area contributed by atoms with Gasteiger partial charge in [0.25, 0.3) is 0 Å². The second-order valence-electron chi connectivity index (χ2n) is 2.77. The fourth-order valence-corrected chi connectivity index (χ4v) is 1.43. The summed E-state index contributed by atoms with van der Waals surface area (Å²) in [5.41, 5.74) is 6.89. The van der Waals surface area contributed by atoms with Crippen LogP contribution >= 0.6 is 11.6 Å². The molecule has 1 aliphatic heterocycles. The maximum atomic E-state index is 9.13. The lowest BCUT2D eigenvalue weighted by molar-refractivity contribution is 0.282. The molecule has 14 heavy (non-hydrogen) atoms. The molecule has 5 nitrogen and oxygen atoms in total. The highest BCUT2D eigenvalue weighted by Gasteiger charge is 2.11. The van der Waals surface area contributed by atoms with Crippen molar-refractivity contribution in [2.45, 2.75) is 6.61 Å². The number of aliphatic hydroxyl groups is 1. The monoisotopic (exact) mass is 212 g/mol. The third-order valence-corrected chi connectivity index (χ3v) is 2.11. The Morgan fingerprint density at radius 3 is 3.00 bits per heavy atom. The third-order valence-electron chi connectivity index (χ3n) is 1.88. The molecule has 1 heterocycles. The minimum absolute atomic E-state index is 0.0675. The highest BCUT2D eigenvalue weighted by molar-refractivity contribution is 6.30. The highest BCUT2D eigenvalue weighted by Crippen LogP contribution is 2.23. The summed E-state index contributed by atoms with van der Waals surface area (Å²) in [5, 5.41) is 15.1. The average Bonchev–Trinajstić information content (AvgIpc) is 2.70. The molecule has 74 valence electrons. The summed E-state index contributed by atoms with van der Waals surface area (Å²) in [5.74, 6) is 0. The Bertz CT molecular complexity index is 368. The smallest absolute Gasteiger partial charge is 0.133 e. The third kappa shape index (κ3) is 1.65. The van der Waals surface area contributed by atoms with E-state index in [0.29, 0.717) is 5.02 Å². The van der Waals surface area contributed by atoms with Crippen LogP contribution in [0.4, 0.5) is 5.69 Å². The number of anilines is 1. The molecule has 0 saturated heterocycles. The van der Waals surface area contributed by atoms with Crippen molar-refractivity contribution in [2.24, 2.45) is 5.10 Å². The maximum absolute atomic E-state index is 9.13. The second-order valence-corrected chi connectivity index (χ2v) is 3.21. The average molecular weight is 213 g/mol. The largest absolute Gasteiger partial charge is 0.392 e. The summed E-state index contributed by atoms with van der Waals surface area (Å²) in [4.78, 5) is 0. The topological polar surface area (TPSA) is 59.9 Å². The molecule has 6 heteroatoms. The Balaban J connectivity index is 2.36. The van der Waals surface area contributed by atoms with Gasteiger partial charge in [0.15, 0.2) is 0 Å². The van der Waals surface area contributed by atoms with Gasteiger partial charge in [-0.05, 0) is 18.2 Å². The number of aliphatic hydroxyl groups excluding tert-OH is 1. The lowest BCUT2D eigenvalue weighted by Crippen LogP contribution is -2.37. The number of nitrogens with one attached hydrogen (secondary N) is 2. The van der Waals surface area contributed by atoms with Crippen LogP contribution in [0.3, 0.4) is 0 Å². The molecule has 0 radical (unpaired) electrons. The van der Waals surface area contributed by atoms with Crippen LogP contribution in [0.5, 0.6) is 0 Å².